The molecule has 0 radical (unpaired) electrons. The van der Waals surface area contributed by atoms with Gasteiger partial charge in [-0.3, -0.25) is 0 Å². The summed E-state index contributed by atoms with van der Waals surface area (Å²) in [6.45, 7) is 6.60. The Bertz CT molecular complexity index is 118. The zero-order valence-electron chi connectivity index (χ0n) is 10.2. The first-order valence-corrected chi connectivity index (χ1v) is 6.69. The quantitative estimate of drug-likeness (QED) is 0.352. The average molecular weight is 219 g/mol. The summed E-state index contributed by atoms with van der Waals surface area (Å²) in [5, 5.41) is 0. The Balaban J connectivity index is 3.13. The number of rotatable bonds is 9. The predicted octanol–water partition coefficient (Wildman–Crippen LogP) is 5.53. The fourth-order valence-electron chi connectivity index (χ4n) is 1.63. The second-order valence-corrected chi connectivity index (χ2v) is 5.55. The molecule has 0 rings (SSSR count). The summed E-state index contributed by atoms with van der Waals surface area (Å²) in [6, 6.07) is 0. The van der Waals surface area contributed by atoms with Crippen LogP contribution < -0.4 is 0 Å². The zero-order valence-corrected chi connectivity index (χ0v) is 11.0. The smallest absolute Gasteiger partial charge is 0.0416 e. The van der Waals surface area contributed by atoms with Crippen LogP contribution in [0.4, 0.5) is 0 Å². The molecule has 0 amide bonds. The standard InChI is InChI=1S/C13H27Cl/c1-4-6-7-8-9-10-11-12-13(3,14)5-2/h4-12H2,1-3H3. The maximum absolute atomic E-state index is 6.28. The zero-order chi connectivity index (χ0) is 10.9. The molecule has 1 unspecified atom stereocenters. The van der Waals surface area contributed by atoms with E-state index in [4.69, 9.17) is 11.6 Å². The van der Waals surface area contributed by atoms with E-state index in [1.807, 2.05) is 0 Å². The van der Waals surface area contributed by atoms with E-state index in [1.165, 1.54) is 51.4 Å². The van der Waals surface area contributed by atoms with Crippen LogP contribution in [0.2, 0.25) is 0 Å². The third kappa shape index (κ3) is 8.87. The lowest BCUT2D eigenvalue weighted by Gasteiger charge is -2.19. The van der Waals surface area contributed by atoms with E-state index in [9.17, 15) is 0 Å². The summed E-state index contributed by atoms with van der Waals surface area (Å²) in [4.78, 5) is 0.0589. The van der Waals surface area contributed by atoms with Gasteiger partial charge in [0.05, 0.1) is 0 Å². The lowest BCUT2D eigenvalue weighted by atomic mass is 9.99. The van der Waals surface area contributed by atoms with E-state index < -0.39 is 0 Å². The normalized spacial score (nSPS) is 15.4. The molecule has 14 heavy (non-hydrogen) atoms. The van der Waals surface area contributed by atoms with Crippen LogP contribution in [0.1, 0.15) is 78.6 Å². The lowest BCUT2D eigenvalue weighted by Crippen LogP contribution is -2.13. The molecule has 1 heteroatoms. The molecule has 0 N–H and O–H groups in total. The fourth-order valence-corrected chi connectivity index (χ4v) is 1.76. The fraction of sp³-hybridized carbons (Fsp3) is 1.00. The Labute approximate surface area is 95.4 Å². The van der Waals surface area contributed by atoms with E-state index in [-0.39, 0.29) is 4.87 Å². The molecule has 0 aromatic rings. The number of hydrogen-bond donors (Lipinski definition) is 0. The minimum atomic E-state index is 0.0589. The Morgan fingerprint density at radius 1 is 0.857 bits per heavy atom. The summed E-state index contributed by atoms with van der Waals surface area (Å²) < 4.78 is 0. The van der Waals surface area contributed by atoms with Crippen LogP contribution >= 0.6 is 11.6 Å². The van der Waals surface area contributed by atoms with Crippen molar-refractivity contribution in [2.75, 3.05) is 0 Å². The molecule has 0 aromatic heterocycles. The van der Waals surface area contributed by atoms with E-state index in [0.29, 0.717) is 0 Å². The third-order valence-electron chi connectivity index (χ3n) is 3.04. The second-order valence-electron chi connectivity index (χ2n) is 4.64. The number of unbranched alkanes of at least 4 members (excludes halogenated alkanes) is 6. The molecular formula is C13H27Cl. The minimum absolute atomic E-state index is 0.0589. The van der Waals surface area contributed by atoms with Crippen molar-refractivity contribution in [3.05, 3.63) is 0 Å². The molecule has 0 aliphatic heterocycles. The molecule has 0 bridgehead atoms. The first-order valence-electron chi connectivity index (χ1n) is 6.31. The average Bonchev–Trinajstić information content (AvgIpc) is 2.16. The predicted molar refractivity (Wildman–Crippen MR) is 67.2 cm³/mol. The topological polar surface area (TPSA) is 0 Å². The minimum Gasteiger partial charge on any atom is -0.120 e. The van der Waals surface area contributed by atoms with Crippen molar-refractivity contribution in [3.63, 3.8) is 0 Å². The third-order valence-corrected chi connectivity index (χ3v) is 3.50. The molecule has 0 aliphatic rings. The van der Waals surface area contributed by atoms with Gasteiger partial charge < -0.3 is 0 Å². The number of alkyl halides is 1. The van der Waals surface area contributed by atoms with Crippen LogP contribution in [0.5, 0.6) is 0 Å². The number of hydrogen-bond acceptors (Lipinski definition) is 0. The molecule has 86 valence electrons. The Morgan fingerprint density at radius 3 is 1.86 bits per heavy atom. The Kier molecular flexibility index (Phi) is 8.76. The van der Waals surface area contributed by atoms with Crippen LogP contribution in [0.15, 0.2) is 0 Å². The van der Waals surface area contributed by atoms with Gasteiger partial charge in [0.1, 0.15) is 0 Å². The van der Waals surface area contributed by atoms with Gasteiger partial charge in [-0.05, 0) is 19.8 Å². The van der Waals surface area contributed by atoms with Crippen molar-refractivity contribution in [1.29, 1.82) is 0 Å². The first kappa shape index (κ1) is 14.3. The van der Waals surface area contributed by atoms with E-state index in [0.717, 1.165) is 6.42 Å². The molecule has 0 saturated heterocycles. The molecular weight excluding hydrogens is 192 g/mol. The summed E-state index contributed by atoms with van der Waals surface area (Å²) >= 11 is 6.28. The van der Waals surface area contributed by atoms with Crippen molar-refractivity contribution >= 4 is 11.6 Å². The van der Waals surface area contributed by atoms with E-state index in [2.05, 4.69) is 20.8 Å². The molecule has 0 saturated carbocycles. The molecule has 0 heterocycles. The van der Waals surface area contributed by atoms with Gasteiger partial charge in [-0.25, -0.2) is 0 Å². The maximum Gasteiger partial charge on any atom is 0.0416 e. The highest BCUT2D eigenvalue weighted by Crippen LogP contribution is 2.25. The second kappa shape index (κ2) is 8.59. The van der Waals surface area contributed by atoms with Crippen molar-refractivity contribution in [2.45, 2.75) is 83.4 Å². The summed E-state index contributed by atoms with van der Waals surface area (Å²) in [5.41, 5.74) is 0. The van der Waals surface area contributed by atoms with Crippen molar-refractivity contribution in [1.82, 2.24) is 0 Å². The summed E-state index contributed by atoms with van der Waals surface area (Å²) in [6.07, 6.45) is 11.9. The van der Waals surface area contributed by atoms with Crippen LogP contribution in [0.3, 0.4) is 0 Å². The van der Waals surface area contributed by atoms with Crippen LogP contribution in [-0.4, -0.2) is 4.87 Å². The molecule has 0 aliphatic carbocycles. The Morgan fingerprint density at radius 2 is 1.36 bits per heavy atom. The van der Waals surface area contributed by atoms with Gasteiger partial charge in [-0.1, -0.05) is 58.8 Å². The van der Waals surface area contributed by atoms with Crippen LogP contribution in [0.25, 0.3) is 0 Å². The first-order chi connectivity index (χ1) is 6.62. The van der Waals surface area contributed by atoms with Crippen molar-refractivity contribution < 1.29 is 0 Å². The summed E-state index contributed by atoms with van der Waals surface area (Å²) in [5.74, 6) is 0. The van der Waals surface area contributed by atoms with Crippen molar-refractivity contribution in [3.8, 4) is 0 Å². The van der Waals surface area contributed by atoms with E-state index >= 15 is 0 Å². The number of halogens is 1. The van der Waals surface area contributed by atoms with Gasteiger partial charge in [-0.15, -0.1) is 11.6 Å². The van der Waals surface area contributed by atoms with Crippen molar-refractivity contribution in [2.24, 2.45) is 0 Å². The van der Waals surface area contributed by atoms with Crippen LogP contribution in [0, 0.1) is 0 Å². The Hall–Kier alpha value is 0.290. The molecule has 0 spiro atoms. The largest absolute Gasteiger partial charge is 0.120 e. The molecule has 0 fully saturated rings. The lowest BCUT2D eigenvalue weighted by molar-refractivity contribution is 0.499. The highest BCUT2D eigenvalue weighted by atomic mass is 35.5. The molecule has 0 nitrogen and oxygen atoms in total. The molecule has 0 aromatic carbocycles. The van der Waals surface area contributed by atoms with Gasteiger partial charge >= 0.3 is 0 Å². The summed E-state index contributed by atoms with van der Waals surface area (Å²) in [7, 11) is 0. The van der Waals surface area contributed by atoms with E-state index in [1.54, 1.807) is 0 Å². The van der Waals surface area contributed by atoms with Gasteiger partial charge in [-0.2, -0.15) is 0 Å². The highest BCUT2D eigenvalue weighted by Gasteiger charge is 2.16. The van der Waals surface area contributed by atoms with Gasteiger partial charge in [0.15, 0.2) is 0 Å². The SMILES string of the molecule is CCCCCCCCCC(C)(Cl)CC. The van der Waals surface area contributed by atoms with Gasteiger partial charge in [0.25, 0.3) is 0 Å². The van der Waals surface area contributed by atoms with Crippen LogP contribution in [-0.2, 0) is 0 Å². The maximum atomic E-state index is 6.28. The van der Waals surface area contributed by atoms with Gasteiger partial charge in [0.2, 0.25) is 0 Å². The molecule has 1 atom stereocenters. The monoisotopic (exact) mass is 218 g/mol. The van der Waals surface area contributed by atoms with Gasteiger partial charge in [0, 0.05) is 4.87 Å². The highest BCUT2D eigenvalue weighted by molar-refractivity contribution is 6.23.